The van der Waals surface area contributed by atoms with Crippen LogP contribution in [-0.2, 0) is 10.5 Å². The summed E-state index contributed by atoms with van der Waals surface area (Å²) in [5, 5.41) is 8.52. The molecule has 0 unspecified atom stereocenters. The van der Waals surface area contributed by atoms with Crippen LogP contribution >= 0.6 is 11.8 Å². The normalized spacial score (nSPS) is 11.4. The first-order chi connectivity index (χ1) is 16.2. The van der Waals surface area contributed by atoms with Crippen molar-refractivity contribution in [1.29, 1.82) is 0 Å². The van der Waals surface area contributed by atoms with E-state index in [1.54, 1.807) is 0 Å². The van der Waals surface area contributed by atoms with Gasteiger partial charge in [0.15, 0.2) is 0 Å². The van der Waals surface area contributed by atoms with Crippen molar-refractivity contribution in [2.75, 3.05) is 11.1 Å². The van der Waals surface area contributed by atoms with E-state index >= 15 is 0 Å². The number of amides is 1. The molecule has 2 aromatic heterocycles. The van der Waals surface area contributed by atoms with Crippen molar-refractivity contribution in [3.05, 3.63) is 87.0 Å². The van der Waals surface area contributed by atoms with Gasteiger partial charge in [0.2, 0.25) is 5.91 Å². The minimum Gasteiger partial charge on any atom is -0.423 e. The van der Waals surface area contributed by atoms with E-state index in [1.807, 2.05) is 61.9 Å². The third-order valence-corrected chi connectivity index (χ3v) is 6.87. The van der Waals surface area contributed by atoms with Gasteiger partial charge < -0.3 is 9.73 Å². The van der Waals surface area contributed by atoms with Crippen LogP contribution < -0.4 is 10.9 Å². The molecule has 0 spiro atoms. The van der Waals surface area contributed by atoms with Crippen LogP contribution in [0.3, 0.4) is 0 Å². The van der Waals surface area contributed by atoms with E-state index in [9.17, 15) is 9.59 Å². The quantitative estimate of drug-likeness (QED) is 0.337. The number of nitrogens with zero attached hydrogens (tertiary/aromatic N) is 2. The molecule has 0 fully saturated rings. The maximum atomic E-state index is 12.7. The second kappa shape index (κ2) is 9.89. The van der Waals surface area contributed by atoms with Crippen molar-refractivity contribution < 1.29 is 9.21 Å². The Morgan fingerprint density at radius 1 is 1.12 bits per heavy atom. The Morgan fingerprint density at radius 3 is 2.56 bits per heavy atom. The lowest BCUT2D eigenvalue weighted by atomic mass is 9.95. The average molecular weight is 476 g/mol. The lowest BCUT2D eigenvalue weighted by Gasteiger charge is -2.13. The van der Waals surface area contributed by atoms with Gasteiger partial charge in [-0.25, -0.2) is 9.48 Å². The average Bonchev–Trinajstić information content (AvgIpc) is 3.07. The van der Waals surface area contributed by atoms with Gasteiger partial charge in [-0.05, 0) is 67.6 Å². The molecule has 0 radical (unpaired) electrons. The predicted octanol–water partition coefficient (Wildman–Crippen LogP) is 5.90. The van der Waals surface area contributed by atoms with Crippen molar-refractivity contribution >= 4 is 34.3 Å². The third kappa shape index (κ3) is 4.94. The largest absolute Gasteiger partial charge is 0.423 e. The second-order valence-corrected chi connectivity index (χ2v) is 9.77. The fourth-order valence-corrected chi connectivity index (χ4v) is 5.02. The highest BCUT2D eigenvalue weighted by atomic mass is 32.2. The van der Waals surface area contributed by atoms with E-state index in [2.05, 4.69) is 30.3 Å². The number of thioether (sulfide) groups is 1. The molecule has 34 heavy (non-hydrogen) atoms. The molecular formula is C27H29N3O3S. The molecule has 0 aliphatic carbocycles. The fourth-order valence-electron chi connectivity index (χ4n) is 4.21. The van der Waals surface area contributed by atoms with Gasteiger partial charge in [0, 0.05) is 17.2 Å². The minimum absolute atomic E-state index is 0.102. The molecule has 7 heteroatoms. The monoisotopic (exact) mass is 475 g/mol. The summed E-state index contributed by atoms with van der Waals surface area (Å²) in [6, 6.07) is 15.4. The molecular weight excluding hydrogens is 446 g/mol. The highest BCUT2D eigenvalue weighted by molar-refractivity contribution is 7.99. The summed E-state index contributed by atoms with van der Waals surface area (Å²) in [7, 11) is 0. The van der Waals surface area contributed by atoms with Crippen molar-refractivity contribution in [1.82, 2.24) is 9.78 Å². The summed E-state index contributed by atoms with van der Waals surface area (Å²) >= 11 is 1.47. The molecule has 0 aliphatic rings. The van der Waals surface area contributed by atoms with Crippen LogP contribution in [0.15, 0.2) is 57.7 Å². The molecule has 4 aromatic rings. The van der Waals surface area contributed by atoms with Gasteiger partial charge in [-0.1, -0.05) is 32.0 Å². The Hall–Kier alpha value is -3.32. The zero-order valence-electron chi connectivity index (χ0n) is 20.1. The number of rotatable bonds is 7. The fraction of sp³-hybridized carbons (Fsp3) is 0.296. The highest BCUT2D eigenvalue weighted by Gasteiger charge is 2.16. The first kappa shape index (κ1) is 23.8. The number of hydrogen-bond acceptors (Lipinski definition) is 5. The summed E-state index contributed by atoms with van der Waals surface area (Å²) < 4.78 is 7.27. The van der Waals surface area contributed by atoms with Gasteiger partial charge in [0.1, 0.15) is 5.58 Å². The number of carbonyl (C=O) groups is 1. The molecule has 0 aliphatic heterocycles. The van der Waals surface area contributed by atoms with E-state index in [-0.39, 0.29) is 17.3 Å². The van der Waals surface area contributed by atoms with Gasteiger partial charge in [-0.15, -0.1) is 11.8 Å². The highest BCUT2D eigenvalue weighted by Crippen LogP contribution is 2.29. The molecule has 2 aromatic carbocycles. The lowest BCUT2D eigenvalue weighted by molar-refractivity contribution is -0.113. The Kier molecular flexibility index (Phi) is 6.93. The van der Waals surface area contributed by atoms with Crippen LogP contribution in [0.2, 0.25) is 0 Å². The number of fused-ring (bicyclic) bond motifs is 1. The lowest BCUT2D eigenvalue weighted by Crippen LogP contribution is -2.15. The van der Waals surface area contributed by atoms with Gasteiger partial charge in [0.05, 0.1) is 28.5 Å². The molecule has 0 saturated heterocycles. The number of para-hydroxylation sites is 1. The second-order valence-electron chi connectivity index (χ2n) is 8.78. The van der Waals surface area contributed by atoms with Gasteiger partial charge in [-0.3, -0.25) is 4.79 Å². The van der Waals surface area contributed by atoms with E-state index in [4.69, 9.17) is 4.42 Å². The Morgan fingerprint density at radius 2 is 1.85 bits per heavy atom. The molecule has 2 heterocycles. The summed E-state index contributed by atoms with van der Waals surface area (Å²) in [4.78, 5) is 24.8. The van der Waals surface area contributed by atoms with Crippen molar-refractivity contribution in [3.63, 3.8) is 0 Å². The Labute approximate surface area is 203 Å². The summed E-state index contributed by atoms with van der Waals surface area (Å²) in [6.07, 6.45) is 0. The minimum atomic E-state index is -0.371. The summed E-state index contributed by atoms with van der Waals surface area (Å²) in [6.45, 7) is 10.2. The van der Waals surface area contributed by atoms with Crippen LogP contribution in [0.5, 0.6) is 0 Å². The maximum Gasteiger partial charge on any atom is 0.336 e. The standard InChI is InChI=1S/C27H29N3O3S/c1-16(2)22-13-23-20(12-26(32)33-24(23)11-17(22)3)14-34-15-25(31)28-27-18(4)29-30(19(27)5)21-9-7-6-8-10-21/h6-13,16H,14-15H2,1-5H3,(H,28,31). The topological polar surface area (TPSA) is 77.1 Å². The van der Waals surface area contributed by atoms with Gasteiger partial charge in [0.25, 0.3) is 0 Å². The molecule has 0 atom stereocenters. The van der Waals surface area contributed by atoms with Crippen LogP contribution in [0.4, 0.5) is 5.69 Å². The number of benzene rings is 2. The number of carbonyl (C=O) groups excluding carboxylic acids is 1. The molecule has 0 bridgehead atoms. The van der Waals surface area contributed by atoms with Crippen LogP contribution in [0.25, 0.3) is 16.7 Å². The smallest absolute Gasteiger partial charge is 0.336 e. The molecule has 176 valence electrons. The molecule has 6 nitrogen and oxygen atoms in total. The third-order valence-electron chi connectivity index (χ3n) is 5.89. The summed E-state index contributed by atoms with van der Waals surface area (Å²) in [5.74, 6) is 1.07. The van der Waals surface area contributed by atoms with Gasteiger partial charge in [-0.2, -0.15) is 5.10 Å². The van der Waals surface area contributed by atoms with E-state index in [0.29, 0.717) is 17.3 Å². The molecule has 4 rings (SSSR count). The zero-order chi connectivity index (χ0) is 24.4. The summed E-state index contributed by atoms with van der Waals surface area (Å²) in [5.41, 5.74) is 6.77. The Balaban J connectivity index is 1.47. The van der Waals surface area contributed by atoms with E-state index < -0.39 is 0 Å². The number of nitrogens with one attached hydrogen (secondary N) is 1. The van der Waals surface area contributed by atoms with Gasteiger partial charge >= 0.3 is 5.63 Å². The van der Waals surface area contributed by atoms with Crippen molar-refractivity contribution in [2.45, 2.75) is 46.3 Å². The van der Waals surface area contributed by atoms with Crippen LogP contribution in [-0.4, -0.2) is 21.4 Å². The number of aryl methyl sites for hydroxylation is 2. The first-order valence-corrected chi connectivity index (χ1v) is 12.5. The van der Waals surface area contributed by atoms with Crippen molar-refractivity contribution in [3.8, 4) is 5.69 Å². The molecule has 1 amide bonds. The SMILES string of the molecule is Cc1cc2oc(=O)cc(CSCC(=O)Nc3c(C)nn(-c4ccccc4)c3C)c2cc1C(C)C. The molecule has 1 N–H and O–H groups in total. The predicted molar refractivity (Wildman–Crippen MR) is 139 cm³/mol. The van der Waals surface area contributed by atoms with E-state index in [0.717, 1.165) is 39.3 Å². The number of hydrogen-bond donors (Lipinski definition) is 1. The number of anilines is 1. The Bertz CT molecular complexity index is 1400. The first-order valence-electron chi connectivity index (χ1n) is 11.3. The van der Waals surface area contributed by atoms with Crippen LogP contribution in [0.1, 0.15) is 47.8 Å². The number of aromatic nitrogens is 2. The maximum absolute atomic E-state index is 12.7. The van der Waals surface area contributed by atoms with E-state index in [1.165, 1.54) is 23.4 Å². The zero-order valence-corrected chi connectivity index (χ0v) is 21.0. The van der Waals surface area contributed by atoms with Crippen molar-refractivity contribution in [2.24, 2.45) is 0 Å². The molecule has 0 saturated carbocycles. The van der Waals surface area contributed by atoms with Crippen LogP contribution in [0, 0.1) is 20.8 Å².